The van der Waals surface area contributed by atoms with Gasteiger partial charge in [-0.25, -0.2) is 15.0 Å². The van der Waals surface area contributed by atoms with E-state index >= 15 is 0 Å². The first kappa shape index (κ1) is 18.4. The highest BCUT2D eigenvalue weighted by atomic mass is 16.6. The van der Waals surface area contributed by atoms with Gasteiger partial charge >= 0.3 is 5.69 Å². The number of aromatic nitrogens is 3. The number of nitrogens with zero attached hydrogens (tertiary/aromatic N) is 8. The van der Waals surface area contributed by atoms with Crippen molar-refractivity contribution in [3.63, 3.8) is 0 Å². The van der Waals surface area contributed by atoms with Crippen LogP contribution in [-0.4, -0.2) is 84.2 Å². The van der Waals surface area contributed by atoms with Gasteiger partial charge in [0.15, 0.2) is 0 Å². The van der Waals surface area contributed by atoms with Crippen LogP contribution >= 0.6 is 0 Å². The van der Waals surface area contributed by atoms with Crippen LogP contribution in [0.2, 0.25) is 0 Å². The van der Waals surface area contributed by atoms with Gasteiger partial charge in [-0.1, -0.05) is 6.07 Å². The molecule has 0 aromatic carbocycles. The van der Waals surface area contributed by atoms with Gasteiger partial charge in [0.05, 0.1) is 4.92 Å². The topological polar surface area (TPSA) is 94.8 Å². The Balaban J connectivity index is 1.55. The first-order chi connectivity index (χ1) is 13.6. The Morgan fingerprint density at radius 3 is 1.96 bits per heavy atom. The molecule has 10 heteroatoms. The van der Waals surface area contributed by atoms with E-state index in [2.05, 4.69) is 31.8 Å². The summed E-state index contributed by atoms with van der Waals surface area (Å²) in [6.07, 6.45) is 3.22. The van der Waals surface area contributed by atoms with Crippen LogP contribution in [0.15, 0.2) is 30.7 Å². The minimum atomic E-state index is -0.339. The molecule has 0 amide bonds. The maximum Gasteiger partial charge on any atom is 0.353 e. The van der Waals surface area contributed by atoms with Gasteiger partial charge in [-0.05, 0) is 19.2 Å². The molecule has 0 atom stereocenters. The zero-order chi connectivity index (χ0) is 19.5. The lowest BCUT2D eigenvalue weighted by atomic mass is 10.2. The fourth-order valence-electron chi connectivity index (χ4n) is 3.69. The predicted molar refractivity (Wildman–Crippen MR) is 107 cm³/mol. The van der Waals surface area contributed by atoms with Crippen LogP contribution in [0.4, 0.5) is 23.1 Å². The number of likely N-dealkylation sites (N-methyl/N-ethyl adjacent to an activating group) is 1. The summed E-state index contributed by atoms with van der Waals surface area (Å²) in [5, 5.41) is 11.9. The van der Waals surface area contributed by atoms with Gasteiger partial charge in [0, 0.05) is 58.6 Å². The van der Waals surface area contributed by atoms with Crippen molar-refractivity contribution in [3.05, 3.63) is 40.8 Å². The summed E-state index contributed by atoms with van der Waals surface area (Å²) in [4.78, 5) is 32.9. The van der Waals surface area contributed by atoms with Crippen molar-refractivity contribution in [2.75, 3.05) is 74.1 Å². The smallest absolute Gasteiger partial charge is 0.353 e. The molecule has 10 nitrogen and oxygen atoms in total. The first-order valence-electron chi connectivity index (χ1n) is 9.47. The molecule has 2 aliphatic heterocycles. The van der Waals surface area contributed by atoms with E-state index in [1.165, 1.54) is 6.33 Å². The SMILES string of the molecule is CN1CCN(c2ncnc(N3CCN(c4ccccn4)CC3)c2[N+](=O)[O-])CC1. The van der Waals surface area contributed by atoms with Crippen LogP contribution in [0.3, 0.4) is 0 Å². The fraction of sp³-hybridized carbons (Fsp3) is 0.500. The highest BCUT2D eigenvalue weighted by molar-refractivity contribution is 5.71. The molecule has 0 spiro atoms. The average molecular weight is 384 g/mol. The van der Waals surface area contributed by atoms with Crippen LogP contribution < -0.4 is 14.7 Å². The lowest BCUT2D eigenvalue weighted by Crippen LogP contribution is -2.48. The molecule has 2 aliphatic rings. The van der Waals surface area contributed by atoms with Gasteiger partial charge in [-0.3, -0.25) is 10.1 Å². The Hall–Kier alpha value is -3.01. The van der Waals surface area contributed by atoms with Crippen molar-refractivity contribution in [2.24, 2.45) is 0 Å². The second kappa shape index (κ2) is 7.93. The molecule has 148 valence electrons. The Kier molecular flexibility index (Phi) is 5.20. The number of nitro groups is 1. The maximum absolute atomic E-state index is 11.9. The minimum absolute atomic E-state index is 0.0124. The van der Waals surface area contributed by atoms with Crippen LogP contribution in [0, 0.1) is 10.1 Å². The number of hydrogen-bond acceptors (Lipinski definition) is 9. The average Bonchev–Trinajstić information content (AvgIpc) is 2.74. The van der Waals surface area contributed by atoms with E-state index in [0.717, 1.165) is 45.1 Å². The monoisotopic (exact) mass is 384 g/mol. The summed E-state index contributed by atoms with van der Waals surface area (Å²) < 4.78 is 0. The van der Waals surface area contributed by atoms with E-state index < -0.39 is 0 Å². The minimum Gasteiger partial charge on any atom is -0.353 e. The molecule has 0 bridgehead atoms. The second-order valence-electron chi connectivity index (χ2n) is 7.08. The van der Waals surface area contributed by atoms with E-state index in [1.54, 1.807) is 6.20 Å². The van der Waals surface area contributed by atoms with E-state index in [0.29, 0.717) is 24.7 Å². The van der Waals surface area contributed by atoms with E-state index in [-0.39, 0.29) is 10.6 Å². The van der Waals surface area contributed by atoms with Crippen molar-refractivity contribution in [1.29, 1.82) is 0 Å². The highest BCUT2D eigenvalue weighted by Gasteiger charge is 2.32. The van der Waals surface area contributed by atoms with Gasteiger partial charge in [0.2, 0.25) is 11.6 Å². The Morgan fingerprint density at radius 1 is 0.857 bits per heavy atom. The molecule has 0 N–H and O–H groups in total. The standard InChI is InChI=1S/C18H24N8O2/c1-22-6-8-24(9-7-22)17-16(26(27)28)18(21-14-20-17)25-12-10-23(11-13-25)15-4-2-3-5-19-15/h2-5,14H,6-13H2,1H3. The maximum atomic E-state index is 11.9. The van der Waals surface area contributed by atoms with E-state index in [1.807, 2.05) is 28.0 Å². The highest BCUT2D eigenvalue weighted by Crippen LogP contribution is 2.35. The molecule has 2 fully saturated rings. The number of pyridine rings is 1. The van der Waals surface area contributed by atoms with Crippen molar-refractivity contribution in [3.8, 4) is 0 Å². The van der Waals surface area contributed by atoms with Crippen LogP contribution in [-0.2, 0) is 0 Å². The quantitative estimate of drug-likeness (QED) is 0.562. The molecule has 0 radical (unpaired) electrons. The third-order valence-corrected chi connectivity index (χ3v) is 5.32. The van der Waals surface area contributed by atoms with Crippen LogP contribution in [0.25, 0.3) is 0 Å². The van der Waals surface area contributed by atoms with Gasteiger partial charge in [-0.2, -0.15) is 0 Å². The molecule has 28 heavy (non-hydrogen) atoms. The van der Waals surface area contributed by atoms with Gasteiger partial charge < -0.3 is 19.6 Å². The summed E-state index contributed by atoms with van der Waals surface area (Å²) in [6, 6.07) is 5.84. The molecular weight excluding hydrogens is 360 g/mol. The van der Waals surface area contributed by atoms with E-state index in [4.69, 9.17) is 0 Å². The zero-order valence-electron chi connectivity index (χ0n) is 15.9. The first-order valence-corrected chi connectivity index (χ1v) is 9.47. The van der Waals surface area contributed by atoms with Crippen molar-refractivity contribution >= 4 is 23.1 Å². The third kappa shape index (κ3) is 3.68. The van der Waals surface area contributed by atoms with Crippen molar-refractivity contribution in [1.82, 2.24) is 19.9 Å². The molecule has 0 saturated carbocycles. The molecule has 2 saturated heterocycles. The summed E-state index contributed by atoms with van der Waals surface area (Å²) in [7, 11) is 2.05. The molecule has 0 unspecified atom stereocenters. The molecule has 2 aromatic rings. The molecule has 2 aromatic heterocycles. The predicted octanol–water partition coefficient (Wildman–Crippen LogP) is 0.858. The normalized spacial score (nSPS) is 18.4. The molecule has 4 heterocycles. The summed E-state index contributed by atoms with van der Waals surface area (Å²) in [5.74, 6) is 1.77. The lowest BCUT2D eigenvalue weighted by Gasteiger charge is -2.36. The van der Waals surface area contributed by atoms with Gasteiger partial charge in [0.1, 0.15) is 12.1 Å². The third-order valence-electron chi connectivity index (χ3n) is 5.32. The van der Waals surface area contributed by atoms with E-state index in [9.17, 15) is 10.1 Å². The van der Waals surface area contributed by atoms with Crippen molar-refractivity contribution in [2.45, 2.75) is 0 Å². The number of piperazine rings is 2. The Labute approximate surface area is 163 Å². The summed E-state index contributed by atoms with van der Waals surface area (Å²) in [5.41, 5.74) is 0.0124. The van der Waals surface area contributed by atoms with Gasteiger partial charge in [0.25, 0.3) is 0 Å². The van der Waals surface area contributed by atoms with Crippen molar-refractivity contribution < 1.29 is 4.92 Å². The zero-order valence-corrected chi connectivity index (χ0v) is 15.9. The Morgan fingerprint density at radius 2 is 1.43 bits per heavy atom. The number of anilines is 3. The van der Waals surface area contributed by atoms with Gasteiger partial charge in [-0.15, -0.1) is 0 Å². The number of rotatable bonds is 4. The Bertz CT molecular complexity index is 818. The summed E-state index contributed by atoms with van der Waals surface area (Å²) >= 11 is 0. The van der Waals surface area contributed by atoms with Crippen LogP contribution in [0.1, 0.15) is 0 Å². The number of hydrogen-bond donors (Lipinski definition) is 0. The largest absolute Gasteiger partial charge is 0.353 e. The van der Waals surface area contributed by atoms with Crippen LogP contribution in [0.5, 0.6) is 0 Å². The fourth-order valence-corrected chi connectivity index (χ4v) is 3.69. The lowest BCUT2D eigenvalue weighted by molar-refractivity contribution is -0.383. The molecular formula is C18H24N8O2. The summed E-state index contributed by atoms with van der Waals surface area (Å²) in [6.45, 7) is 5.94. The second-order valence-corrected chi connectivity index (χ2v) is 7.08. The molecule has 0 aliphatic carbocycles. The molecule has 4 rings (SSSR count).